The van der Waals surface area contributed by atoms with Crippen LogP contribution in [0.1, 0.15) is 13.3 Å². The summed E-state index contributed by atoms with van der Waals surface area (Å²) in [6.07, 6.45) is 0.294. The average molecular weight is 267 g/mol. The Balaban J connectivity index is 2.35. The van der Waals surface area contributed by atoms with Gasteiger partial charge in [-0.3, -0.25) is 9.59 Å². The predicted octanol–water partition coefficient (Wildman–Crippen LogP) is 2.15. The van der Waals surface area contributed by atoms with Crippen LogP contribution in [0.25, 0.3) is 0 Å². The second-order valence-electron chi connectivity index (χ2n) is 3.56. The van der Waals surface area contributed by atoms with Gasteiger partial charge in [-0.15, -0.1) is 0 Å². The summed E-state index contributed by atoms with van der Waals surface area (Å²) < 4.78 is 0.874. The van der Waals surface area contributed by atoms with Gasteiger partial charge in [0.1, 0.15) is 0 Å². The predicted molar refractivity (Wildman–Crippen MR) is 59.3 cm³/mol. The Labute approximate surface area is 96.2 Å². The van der Waals surface area contributed by atoms with Crippen molar-refractivity contribution in [1.29, 1.82) is 0 Å². The summed E-state index contributed by atoms with van der Waals surface area (Å²) in [5.41, 5.74) is 0.526. The van der Waals surface area contributed by atoms with Crippen molar-refractivity contribution in [3.05, 3.63) is 28.7 Å². The number of carbonyl (C=O) groups is 2. The van der Waals surface area contributed by atoms with Crippen molar-refractivity contribution in [3.8, 4) is 0 Å². The topological polar surface area (TPSA) is 37.4 Å². The fourth-order valence-electron chi connectivity index (χ4n) is 1.57. The summed E-state index contributed by atoms with van der Waals surface area (Å²) in [4.78, 5) is 24.4. The maximum absolute atomic E-state index is 11.7. The largest absolute Gasteiger partial charge is 0.274 e. The second kappa shape index (κ2) is 3.77. The molecule has 4 heteroatoms. The van der Waals surface area contributed by atoms with Crippen molar-refractivity contribution in [2.45, 2.75) is 13.3 Å². The van der Waals surface area contributed by atoms with Crippen LogP contribution >= 0.6 is 15.9 Å². The minimum atomic E-state index is -0.213. The van der Waals surface area contributed by atoms with Gasteiger partial charge in [0.15, 0.2) is 0 Å². The van der Waals surface area contributed by atoms with E-state index in [4.69, 9.17) is 0 Å². The molecule has 0 bridgehead atoms. The minimum Gasteiger partial charge on any atom is -0.274 e. The average Bonchev–Trinajstić information content (AvgIpc) is 2.44. The SMILES string of the molecule is CC1CC(=O)N(c2[c]cc(Br)cc2)C1=O. The fraction of sp³-hybridized carbons (Fsp3) is 0.273. The molecule has 1 atom stereocenters. The van der Waals surface area contributed by atoms with Crippen LogP contribution in [0.15, 0.2) is 22.7 Å². The number of halogens is 1. The summed E-state index contributed by atoms with van der Waals surface area (Å²) >= 11 is 3.28. The first-order chi connectivity index (χ1) is 7.09. The standard InChI is InChI=1S/C11H9BrNO2/c1-7-6-10(14)13(11(7)15)9-4-2-8(12)3-5-9/h2-4,7H,6H2,1H3. The van der Waals surface area contributed by atoms with Crippen LogP contribution in [0.4, 0.5) is 5.69 Å². The molecule has 2 rings (SSSR count). The number of rotatable bonds is 1. The lowest BCUT2D eigenvalue weighted by Gasteiger charge is -2.13. The molecular formula is C11H9BrNO2. The summed E-state index contributed by atoms with van der Waals surface area (Å²) in [5.74, 6) is -0.501. The van der Waals surface area contributed by atoms with E-state index in [2.05, 4.69) is 22.0 Å². The van der Waals surface area contributed by atoms with Gasteiger partial charge in [-0.2, -0.15) is 0 Å². The van der Waals surface area contributed by atoms with E-state index in [1.807, 2.05) is 0 Å². The lowest BCUT2D eigenvalue weighted by Crippen LogP contribution is -2.29. The Morgan fingerprint density at radius 1 is 1.47 bits per heavy atom. The molecule has 0 N–H and O–H groups in total. The first kappa shape index (κ1) is 10.4. The van der Waals surface area contributed by atoms with Crippen LogP contribution in [-0.2, 0) is 9.59 Å². The molecule has 3 nitrogen and oxygen atoms in total. The van der Waals surface area contributed by atoms with Gasteiger partial charge in [0.05, 0.1) is 5.69 Å². The molecule has 0 aromatic heterocycles. The molecule has 0 aliphatic carbocycles. The zero-order valence-corrected chi connectivity index (χ0v) is 9.74. The summed E-state index contributed by atoms with van der Waals surface area (Å²) in [7, 11) is 0. The molecule has 1 saturated heterocycles. The van der Waals surface area contributed by atoms with Crippen molar-refractivity contribution >= 4 is 33.4 Å². The Morgan fingerprint density at radius 2 is 2.20 bits per heavy atom. The second-order valence-corrected chi connectivity index (χ2v) is 4.48. The lowest BCUT2D eigenvalue weighted by atomic mass is 10.1. The molecule has 0 spiro atoms. The van der Waals surface area contributed by atoms with Gasteiger partial charge in [0, 0.05) is 22.9 Å². The van der Waals surface area contributed by atoms with Crippen LogP contribution in [0, 0.1) is 12.0 Å². The zero-order valence-electron chi connectivity index (χ0n) is 8.16. The van der Waals surface area contributed by atoms with E-state index in [-0.39, 0.29) is 17.7 Å². The van der Waals surface area contributed by atoms with E-state index in [9.17, 15) is 9.59 Å². The maximum atomic E-state index is 11.7. The molecule has 1 unspecified atom stereocenters. The third-order valence-electron chi connectivity index (χ3n) is 2.37. The molecule has 15 heavy (non-hydrogen) atoms. The van der Waals surface area contributed by atoms with Gasteiger partial charge in [0.25, 0.3) is 0 Å². The monoisotopic (exact) mass is 266 g/mol. The molecule has 1 radical (unpaired) electrons. The number of hydrogen-bond acceptors (Lipinski definition) is 2. The Bertz CT molecular complexity index is 413. The first-order valence-electron chi connectivity index (χ1n) is 4.63. The van der Waals surface area contributed by atoms with E-state index in [1.165, 1.54) is 4.90 Å². The maximum Gasteiger partial charge on any atom is 0.237 e. The van der Waals surface area contributed by atoms with Crippen LogP contribution in [0.5, 0.6) is 0 Å². The summed E-state index contributed by atoms with van der Waals surface area (Å²) in [6.45, 7) is 1.76. The fourth-order valence-corrected chi connectivity index (χ4v) is 1.82. The summed E-state index contributed by atoms with van der Waals surface area (Å²) in [6, 6.07) is 8.08. The third-order valence-corrected chi connectivity index (χ3v) is 2.86. The summed E-state index contributed by atoms with van der Waals surface area (Å²) in [5, 5.41) is 0. The van der Waals surface area contributed by atoms with Crippen molar-refractivity contribution in [3.63, 3.8) is 0 Å². The van der Waals surface area contributed by atoms with E-state index < -0.39 is 0 Å². The molecular weight excluding hydrogens is 258 g/mol. The highest BCUT2D eigenvalue weighted by Crippen LogP contribution is 2.26. The van der Waals surface area contributed by atoms with Crippen LogP contribution in [-0.4, -0.2) is 11.8 Å². The Kier molecular flexibility index (Phi) is 2.61. The lowest BCUT2D eigenvalue weighted by molar-refractivity contribution is -0.122. The zero-order chi connectivity index (χ0) is 11.0. The molecule has 0 saturated carbocycles. The van der Waals surface area contributed by atoms with E-state index in [1.54, 1.807) is 25.1 Å². The quantitative estimate of drug-likeness (QED) is 0.731. The van der Waals surface area contributed by atoms with E-state index in [0.717, 1.165) is 4.47 Å². The van der Waals surface area contributed by atoms with Gasteiger partial charge < -0.3 is 0 Å². The van der Waals surface area contributed by atoms with Crippen molar-refractivity contribution in [2.75, 3.05) is 4.90 Å². The number of carbonyl (C=O) groups excluding carboxylic acids is 2. The van der Waals surface area contributed by atoms with Crippen LogP contribution < -0.4 is 4.90 Å². The third kappa shape index (κ3) is 1.81. The number of anilines is 1. The number of hydrogen-bond donors (Lipinski definition) is 0. The number of nitrogens with zero attached hydrogens (tertiary/aromatic N) is 1. The Hall–Kier alpha value is -1.16. The highest BCUT2D eigenvalue weighted by molar-refractivity contribution is 9.10. The first-order valence-corrected chi connectivity index (χ1v) is 5.43. The smallest absolute Gasteiger partial charge is 0.237 e. The van der Waals surface area contributed by atoms with E-state index >= 15 is 0 Å². The minimum absolute atomic E-state index is 0.140. The number of amides is 2. The van der Waals surface area contributed by atoms with Gasteiger partial charge >= 0.3 is 0 Å². The molecule has 1 aliphatic rings. The van der Waals surface area contributed by atoms with Gasteiger partial charge in [-0.1, -0.05) is 22.9 Å². The van der Waals surface area contributed by atoms with Crippen LogP contribution in [0.3, 0.4) is 0 Å². The van der Waals surface area contributed by atoms with Crippen molar-refractivity contribution in [1.82, 2.24) is 0 Å². The normalized spacial score (nSPS) is 21.2. The van der Waals surface area contributed by atoms with Crippen LogP contribution in [0.2, 0.25) is 0 Å². The van der Waals surface area contributed by atoms with Crippen molar-refractivity contribution in [2.24, 2.45) is 5.92 Å². The number of benzene rings is 1. The van der Waals surface area contributed by atoms with Gasteiger partial charge in [0.2, 0.25) is 11.8 Å². The molecule has 77 valence electrons. The molecule has 1 fully saturated rings. The van der Waals surface area contributed by atoms with Crippen molar-refractivity contribution < 1.29 is 9.59 Å². The molecule has 2 amide bonds. The molecule has 1 heterocycles. The Morgan fingerprint density at radius 3 is 2.67 bits per heavy atom. The van der Waals surface area contributed by atoms with E-state index in [0.29, 0.717) is 12.1 Å². The highest BCUT2D eigenvalue weighted by Gasteiger charge is 2.36. The molecule has 1 aromatic rings. The van der Waals surface area contributed by atoms with Gasteiger partial charge in [-0.25, -0.2) is 4.90 Å². The highest BCUT2D eigenvalue weighted by atomic mass is 79.9. The molecule has 1 aromatic carbocycles. The molecule has 1 aliphatic heterocycles. The number of imide groups is 1. The van der Waals surface area contributed by atoms with Gasteiger partial charge in [-0.05, 0) is 18.2 Å².